The zero-order valence-electron chi connectivity index (χ0n) is 74.7. The van der Waals surface area contributed by atoms with Gasteiger partial charge in [0.05, 0.1) is 31.4 Å². The van der Waals surface area contributed by atoms with Crippen LogP contribution in [0.5, 0.6) is 5.75 Å². The Labute approximate surface area is 765 Å². The number of amides is 18. The number of unbranched alkanes of at least 4 members (excludes halogenated alkanes) is 2. The quantitative estimate of drug-likeness (QED) is 0.0308. The summed E-state index contributed by atoms with van der Waals surface area (Å²) >= 11 is 0.772. The lowest BCUT2D eigenvalue weighted by Crippen LogP contribution is -2.61. The van der Waals surface area contributed by atoms with E-state index in [1.165, 1.54) is 71.7 Å². The predicted octanol–water partition coefficient (Wildman–Crippen LogP) is -3.10. The van der Waals surface area contributed by atoms with Crippen LogP contribution < -0.4 is 70.4 Å². The number of aliphatic hydroxyl groups excluding tert-OH is 2. The summed E-state index contributed by atoms with van der Waals surface area (Å²) in [4.78, 5) is 278. The second-order valence-corrected chi connectivity index (χ2v) is 34.5. The fourth-order valence-electron chi connectivity index (χ4n) is 16.2. The number of aromatic nitrogens is 2. The third kappa shape index (κ3) is 27.8. The van der Waals surface area contributed by atoms with Crippen LogP contribution in [0, 0.1) is 0 Å². The molecule has 0 radical (unpaired) electrons. The number of aromatic hydroxyl groups is 1. The average Bonchev–Trinajstić information content (AvgIpc) is 1.47. The molecule has 712 valence electrons. The number of nitrogens with one attached hydrogen (secondary N) is 11. The molecule has 0 unspecified atom stereocenters. The largest absolute Gasteiger partial charge is 0.508 e. The highest BCUT2D eigenvalue weighted by molar-refractivity contribution is 8.00. The van der Waals surface area contributed by atoms with Gasteiger partial charge in [0.1, 0.15) is 90.3 Å². The van der Waals surface area contributed by atoms with E-state index in [-0.39, 0.29) is 70.1 Å². The molecular weight excluding hydrogens is 1730 g/mol. The van der Waals surface area contributed by atoms with Crippen LogP contribution in [0.25, 0.3) is 21.7 Å². The first-order valence-electron chi connectivity index (χ1n) is 43.9. The molecule has 0 saturated carbocycles. The minimum absolute atomic E-state index is 0.00424. The number of hydrogen-bond acceptors (Lipinski definition) is 24. The molecule has 0 bridgehead atoms. The van der Waals surface area contributed by atoms with Crippen molar-refractivity contribution in [3.05, 3.63) is 120 Å². The molecule has 0 spiro atoms. The standard InChI is InChI=1S/C89H119N21O21S/c1-8-10-20-68-82(124)97-48(3)76(118)105-67(78(120)96-43-74(92)116)46-132-47-75(117)98-63(34-50-23-25-55(112)26-24-50)85(127)106(5)49(4)77(119)102-65(39-73(91)115)88(130)109-33-15-22-69(109)83(125)100-61(35-51-29-31-93-40-51)79(121)99-60(27-28-72(90)114)87(129)110-44-56(113)38-71(110)84(126)101-62(37-54-41-95-59-19-13-12-18-57(54)59)80(122)104-66(45-111)81(123)103-64(36-53-17-14-16-52-30-32-94-42-58(52)53)86(128)108(7)70(21-11-9-2)89(131)107(68)6/h12-14,16-19,23-26,30-32,40-42,48-49,56,60-71,95,111-113H,8-11,15,20-22,27-29,33-39,43-47H2,1-7H3,(H2,90,114)(H2,91,115)(H2,92,116)(H,96,120)(H,97,124)(H,98,117)(H,99,121)(H,100,125)(H,101,126)(H,102,119)(H,103,123)(H,104,122)(H,105,118)/t48-,49-,56+,60-,61-,62-,63-,64-,65-,66-,67-,68-,69-,70-,71-/m0/s1. The number of carbonyl (C=O) groups excluding carboxylic acids is 18. The molecule has 4 aliphatic rings. The SMILES string of the molecule is CCCC[C@H]1C(=O)N(C)[C@@H](CCCC)C(=O)N[C@@H](C)C(=O)N[C@H](C(=O)NCC(N)=O)CSCC(=O)N[C@@H](Cc2ccc(O)cc2)C(=O)N(C)[C@@H](C)C(=O)N[C@@H](CC(N)=O)C(=O)N2CCC[C@H]2C(=O)N[C@@H](CC2=CN=CC2)C(=O)N[C@@H](CCC(N)=O)C(=O)N2C[C@H](O)C[C@H]2C(=O)N[C@@H](Cc2c[nH]c3ccccc23)C(=O)N[C@@H](CO)C(=O)N[C@@H](Cc2cccc3ccncc23)C(=O)N1C. The lowest BCUT2D eigenvalue weighted by Gasteiger charge is -2.36. The molecule has 3 saturated heterocycles. The number of fused-ring (bicyclic) bond motifs is 4. The molecule has 18 amide bonds. The fraction of sp³-hybridized carbons (Fsp3) is 0.506. The van der Waals surface area contributed by atoms with E-state index in [4.69, 9.17) is 17.2 Å². The topological polar surface area (TPSA) is 624 Å². The van der Waals surface area contributed by atoms with Crippen molar-refractivity contribution in [1.82, 2.24) is 87.6 Å². The molecular formula is C89H119N21O21S. The van der Waals surface area contributed by atoms with E-state index in [2.05, 4.69) is 68.1 Å². The molecule has 3 aromatic carbocycles. The van der Waals surface area contributed by atoms with E-state index in [1.807, 2.05) is 13.8 Å². The molecule has 4 aliphatic heterocycles. The maximum absolute atomic E-state index is 15.7. The van der Waals surface area contributed by atoms with Gasteiger partial charge in [0.25, 0.3) is 0 Å². The van der Waals surface area contributed by atoms with Gasteiger partial charge in [-0.05, 0) is 104 Å². The average molecular weight is 1850 g/mol. The number of aliphatic hydroxyl groups is 2. The van der Waals surface area contributed by atoms with Gasteiger partial charge < -0.3 is 115 Å². The van der Waals surface area contributed by atoms with Gasteiger partial charge in [-0.3, -0.25) is 96.3 Å². The number of benzene rings is 3. The number of hydrogen-bond donors (Lipinski definition) is 17. The molecule has 43 heteroatoms. The number of H-pyrrole nitrogens is 1. The number of pyridine rings is 1. The van der Waals surface area contributed by atoms with Gasteiger partial charge in [-0.15, -0.1) is 11.8 Å². The number of nitrogens with two attached hydrogens (primary N) is 3. The van der Waals surface area contributed by atoms with Crippen LogP contribution in [0.1, 0.15) is 134 Å². The van der Waals surface area contributed by atoms with Crippen molar-refractivity contribution in [2.75, 3.05) is 58.9 Å². The van der Waals surface area contributed by atoms with Crippen molar-refractivity contribution in [1.29, 1.82) is 0 Å². The van der Waals surface area contributed by atoms with Crippen molar-refractivity contribution in [3.63, 3.8) is 0 Å². The van der Waals surface area contributed by atoms with Crippen LogP contribution in [0.2, 0.25) is 0 Å². The summed E-state index contributed by atoms with van der Waals surface area (Å²) in [6.45, 7) is 3.69. The van der Waals surface area contributed by atoms with Gasteiger partial charge in [-0.25, -0.2) is 0 Å². The van der Waals surface area contributed by atoms with Crippen molar-refractivity contribution in [3.8, 4) is 5.75 Å². The smallest absolute Gasteiger partial charge is 0.246 e. The Hall–Kier alpha value is -13.5. The van der Waals surface area contributed by atoms with E-state index in [1.54, 1.807) is 67.1 Å². The Morgan fingerprint density at radius 3 is 1.84 bits per heavy atom. The molecule has 42 nitrogen and oxygen atoms in total. The van der Waals surface area contributed by atoms with Gasteiger partial charge in [-0.1, -0.05) is 88.1 Å². The minimum atomic E-state index is -1.92. The number of likely N-dealkylation sites (N-methyl/N-ethyl adjacent to an activating group) is 3. The lowest BCUT2D eigenvalue weighted by atomic mass is 9.97. The number of thioether (sulfide) groups is 1. The Kier molecular flexibility index (Phi) is 37.5. The summed E-state index contributed by atoms with van der Waals surface area (Å²) in [5.74, 6) is -18.5. The highest BCUT2D eigenvalue weighted by atomic mass is 32.2. The monoisotopic (exact) mass is 1850 g/mol. The van der Waals surface area contributed by atoms with Crippen LogP contribution in [-0.2, 0) is 106 Å². The Balaban J connectivity index is 1.09. The van der Waals surface area contributed by atoms with E-state index >= 15 is 33.6 Å². The van der Waals surface area contributed by atoms with Crippen molar-refractivity contribution < 1.29 is 102 Å². The number of primary amides is 3. The van der Waals surface area contributed by atoms with E-state index in [0.717, 1.165) is 36.3 Å². The number of nitrogens with zero attached hydrogens (tertiary/aromatic N) is 7. The maximum atomic E-state index is 15.7. The molecule has 2 aromatic heterocycles. The van der Waals surface area contributed by atoms with E-state index < -0.39 is 254 Å². The Morgan fingerprint density at radius 2 is 1.17 bits per heavy atom. The number of phenols is 1. The fourth-order valence-corrected chi connectivity index (χ4v) is 17.0. The first kappa shape index (κ1) is 102. The highest BCUT2D eigenvalue weighted by Gasteiger charge is 2.47. The lowest BCUT2D eigenvalue weighted by molar-refractivity contribution is -0.149. The molecule has 20 N–H and O–H groups in total. The normalized spacial score (nSPS) is 25.4. The number of aromatic amines is 1. The molecule has 5 aromatic rings. The molecule has 3 fully saturated rings. The van der Waals surface area contributed by atoms with Crippen LogP contribution in [0.4, 0.5) is 0 Å². The van der Waals surface area contributed by atoms with Crippen LogP contribution in [-0.4, -0.2) is 312 Å². The highest BCUT2D eigenvalue weighted by Crippen LogP contribution is 2.28. The van der Waals surface area contributed by atoms with Gasteiger partial charge in [0, 0.05) is 126 Å². The minimum Gasteiger partial charge on any atom is -0.508 e. The van der Waals surface area contributed by atoms with E-state index in [9.17, 15) is 68.1 Å². The van der Waals surface area contributed by atoms with Crippen molar-refractivity contribution in [2.24, 2.45) is 22.2 Å². The van der Waals surface area contributed by atoms with Gasteiger partial charge in [0.15, 0.2) is 0 Å². The summed E-state index contributed by atoms with van der Waals surface area (Å²) in [5.41, 5.74) is 19.2. The molecule has 132 heavy (non-hydrogen) atoms. The number of phenolic OH excluding ortho intramolecular Hbond substituents is 1. The summed E-state index contributed by atoms with van der Waals surface area (Å²) in [6.07, 6.45) is 4.60. The zero-order valence-corrected chi connectivity index (χ0v) is 75.5. The van der Waals surface area contributed by atoms with E-state index in [0.29, 0.717) is 69.6 Å². The maximum Gasteiger partial charge on any atom is 0.246 e. The number of carbonyl (C=O) groups is 18. The first-order chi connectivity index (χ1) is 62.9. The summed E-state index contributed by atoms with van der Waals surface area (Å²) in [6, 6.07) is -2.88. The first-order valence-corrected chi connectivity index (χ1v) is 45.0. The van der Waals surface area contributed by atoms with Gasteiger partial charge in [0.2, 0.25) is 106 Å². The number of rotatable bonds is 23. The summed E-state index contributed by atoms with van der Waals surface area (Å²) in [5, 5.41) is 60.6. The van der Waals surface area contributed by atoms with Crippen LogP contribution in [0.15, 0.2) is 108 Å². The summed E-state index contributed by atoms with van der Waals surface area (Å²) < 4.78 is 0. The molecule has 15 atom stereocenters. The second-order valence-electron chi connectivity index (χ2n) is 33.4. The Bertz CT molecular complexity index is 5140. The number of aliphatic imine (C=N–C) groups is 1. The zero-order chi connectivity index (χ0) is 96.3. The van der Waals surface area contributed by atoms with Crippen LogP contribution in [0.3, 0.4) is 0 Å². The second kappa shape index (κ2) is 48.4. The Morgan fingerprint density at radius 1 is 0.561 bits per heavy atom. The predicted molar refractivity (Wildman–Crippen MR) is 482 cm³/mol. The third-order valence-electron chi connectivity index (χ3n) is 23.7. The molecule has 0 aliphatic carbocycles. The van der Waals surface area contributed by atoms with Gasteiger partial charge >= 0.3 is 0 Å². The number of para-hydroxylation sites is 1. The third-order valence-corrected chi connectivity index (χ3v) is 24.8. The molecule has 9 rings (SSSR count). The van der Waals surface area contributed by atoms with Crippen molar-refractivity contribution in [2.45, 2.75) is 228 Å². The molecule has 6 heterocycles. The summed E-state index contributed by atoms with van der Waals surface area (Å²) in [7, 11) is 3.88. The van der Waals surface area contributed by atoms with Crippen LogP contribution >= 0.6 is 11.8 Å². The van der Waals surface area contributed by atoms with Crippen molar-refractivity contribution >= 4 is 146 Å². The van der Waals surface area contributed by atoms with Gasteiger partial charge in [-0.2, -0.15) is 0 Å².